The number of aldehydes is 1. The second-order valence-electron chi connectivity index (χ2n) is 10.2. The predicted molar refractivity (Wildman–Crippen MR) is 146 cm³/mol. The highest BCUT2D eigenvalue weighted by molar-refractivity contribution is 5.69. The van der Waals surface area contributed by atoms with Crippen molar-refractivity contribution in [3.05, 3.63) is 72.3 Å². The third kappa shape index (κ3) is 8.10. The molecule has 5 atom stereocenters. The predicted octanol–water partition coefficient (Wildman–Crippen LogP) is 6.28. The molecule has 0 aromatic heterocycles. The summed E-state index contributed by atoms with van der Waals surface area (Å²) in [6, 6.07) is 18.8. The van der Waals surface area contributed by atoms with Crippen LogP contribution in [0.4, 0.5) is 0 Å². The molecule has 0 N–H and O–H groups in total. The van der Waals surface area contributed by atoms with E-state index in [4.69, 9.17) is 18.9 Å². The molecule has 38 heavy (non-hydrogen) atoms. The van der Waals surface area contributed by atoms with Crippen LogP contribution in [0, 0.1) is 11.8 Å². The minimum absolute atomic E-state index is 0.0292. The van der Waals surface area contributed by atoms with Crippen LogP contribution >= 0.6 is 0 Å². The molecular weight excluding hydrogens is 480 g/mol. The lowest BCUT2D eigenvalue weighted by Gasteiger charge is -2.28. The number of carbonyl (C=O) groups excluding carboxylic acids is 2. The standard InChI is InChI=1S/C32H40O6/c1-35-31(34)14-8-3-2-7-13-27-28(22-33)30(38-32-15-9-10-20-36-32)21-29(27)37-23-24-16-18-26(19-17-24)25-11-5-4-6-12-25/h2,4-7,11-12,16-19,22,27-30,32H,3,8-10,13-15,20-21,23H2,1H3/b7-2-/t27-,28+,29+,30-,32?/m1/s1. The van der Waals surface area contributed by atoms with Crippen LogP contribution in [0.1, 0.15) is 56.9 Å². The molecule has 2 aromatic carbocycles. The quantitative estimate of drug-likeness (QED) is 0.134. The summed E-state index contributed by atoms with van der Waals surface area (Å²) in [5, 5.41) is 0. The summed E-state index contributed by atoms with van der Waals surface area (Å²) in [5.41, 5.74) is 3.46. The van der Waals surface area contributed by atoms with Crippen LogP contribution in [-0.4, -0.2) is 44.5 Å². The lowest BCUT2D eigenvalue weighted by molar-refractivity contribution is -0.195. The number of esters is 1. The molecule has 1 aliphatic heterocycles. The van der Waals surface area contributed by atoms with Crippen LogP contribution in [0.25, 0.3) is 11.1 Å². The van der Waals surface area contributed by atoms with Crippen LogP contribution in [0.3, 0.4) is 0 Å². The average molecular weight is 521 g/mol. The van der Waals surface area contributed by atoms with E-state index in [1.807, 2.05) is 18.2 Å². The Kier molecular flexibility index (Phi) is 11.1. The molecule has 6 nitrogen and oxygen atoms in total. The molecule has 1 heterocycles. The largest absolute Gasteiger partial charge is 0.469 e. The van der Waals surface area contributed by atoms with Crippen molar-refractivity contribution in [2.24, 2.45) is 11.8 Å². The SMILES string of the molecule is COC(=O)CCC/C=C\C[C@@H]1[C@H](C=O)[C@H](OC2CCCCO2)C[C@@H]1OCc1ccc(-c2ccccc2)cc1. The number of hydrogen-bond acceptors (Lipinski definition) is 6. The second-order valence-corrected chi connectivity index (χ2v) is 10.2. The van der Waals surface area contributed by atoms with E-state index in [0.29, 0.717) is 26.1 Å². The van der Waals surface area contributed by atoms with E-state index in [2.05, 4.69) is 48.6 Å². The first-order valence-electron chi connectivity index (χ1n) is 13.9. The van der Waals surface area contributed by atoms with Gasteiger partial charge in [-0.2, -0.15) is 0 Å². The van der Waals surface area contributed by atoms with Gasteiger partial charge in [0.15, 0.2) is 6.29 Å². The number of unbranched alkanes of at least 4 members (excludes halogenated alkanes) is 1. The maximum atomic E-state index is 12.3. The molecule has 1 aliphatic carbocycles. The minimum Gasteiger partial charge on any atom is -0.469 e. The van der Waals surface area contributed by atoms with Gasteiger partial charge in [-0.05, 0) is 55.2 Å². The summed E-state index contributed by atoms with van der Waals surface area (Å²) in [5.74, 6) is -0.405. The van der Waals surface area contributed by atoms with Gasteiger partial charge in [0.25, 0.3) is 0 Å². The number of rotatable bonds is 13. The fourth-order valence-electron chi connectivity index (χ4n) is 5.40. The molecule has 0 amide bonds. The summed E-state index contributed by atoms with van der Waals surface area (Å²) in [4.78, 5) is 23.6. The van der Waals surface area contributed by atoms with Gasteiger partial charge in [-0.3, -0.25) is 4.79 Å². The number of benzene rings is 2. The lowest BCUT2D eigenvalue weighted by Crippen LogP contribution is -2.32. The minimum atomic E-state index is -0.245. The summed E-state index contributed by atoms with van der Waals surface area (Å²) in [7, 11) is 1.41. The highest BCUT2D eigenvalue weighted by Crippen LogP contribution is 2.39. The van der Waals surface area contributed by atoms with Gasteiger partial charge < -0.3 is 23.7 Å². The van der Waals surface area contributed by atoms with Crippen molar-refractivity contribution in [3.63, 3.8) is 0 Å². The first-order chi connectivity index (χ1) is 18.7. The van der Waals surface area contributed by atoms with Crippen LogP contribution in [0.2, 0.25) is 0 Å². The van der Waals surface area contributed by atoms with E-state index >= 15 is 0 Å². The Morgan fingerprint density at radius 3 is 2.50 bits per heavy atom. The van der Waals surface area contributed by atoms with E-state index in [9.17, 15) is 9.59 Å². The molecule has 0 spiro atoms. The summed E-state index contributed by atoms with van der Waals surface area (Å²) in [6.45, 7) is 1.19. The van der Waals surface area contributed by atoms with Crippen molar-refractivity contribution >= 4 is 12.3 Å². The first-order valence-corrected chi connectivity index (χ1v) is 13.9. The maximum absolute atomic E-state index is 12.3. The third-order valence-corrected chi connectivity index (χ3v) is 7.57. The van der Waals surface area contributed by atoms with Gasteiger partial charge in [-0.1, -0.05) is 66.7 Å². The number of methoxy groups -OCH3 is 1. The van der Waals surface area contributed by atoms with Gasteiger partial charge in [-0.25, -0.2) is 0 Å². The Bertz CT molecular complexity index is 1010. The van der Waals surface area contributed by atoms with Crippen LogP contribution in [0.5, 0.6) is 0 Å². The van der Waals surface area contributed by atoms with E-state index in [1.165, 1.54) is 18.2 Å². The molecule has 6 heteroatoms. The van der Waals surface area contributed by atoms with Crippen molar-refractivity contribution in [1.82, 2.24) is 0 Å². The van der Waals surface area contributed by atoms with Gasteiger partial charge in [0.2, 0.25) is 0 Å². The van der Waals surface area contributed by atoms with E-state index in [1.54, 1.807) is 0 Å². The lowest BCUT2D eigenvalue weighted by atomic mass is 9.91. The molecule has 2 fully saturated rings. The molecule has 0 radical (unpaired) electrons. The Balaban J connectivity index is 1.37. The number of allylic oxidation sites excluding steroid dienone is 2. The van der Waals surface area contributed by atoms with Gasteiger partial charge >= 0.3 is 5.97 Å². The molecule has 1 saturated heterocycles. The van der Waals surface area contributed by atoms with Gasteiger partial charge in [-0.15, -0.1) is 0 Å². The fraction of sp³-hybridized carbons (Fsp3) is 0.500. The van der Waals surface area contributed by atoms with E-state index in [0.717, 1.165) is 50.4 Å². The zero-order chi connectivity index (χ0) is 26.6. The maximum Gasteiger partial charge on any atom is 0.305 e. The van der Waals surface area contributed by atoms with Crippen LogP contribution in [-0.2, 0) is 35.1 Å². The number of carbonyl (C=O) groups is 2. The molecule has 204 valence electrons. The Morgan fingerprint density at radius 2 is 1.79 bits per heavy atom. The smallest absolute Gasteiger partial charge is 0.305 e. The highest BCUT2D eigenvalue weighted by Gasteiger charge is 2.45. The summed E-state index contributed by atoms with van der Waals surface area (Å²) < 4.78 is 23.3. The Morgan fingerprint density at radius 1 is 1.00 bits per heavy atom. The fourth-order valence-corrected chi connectivity index (χ4v) is 5.40. The molecule has 2 aliphatic rings. The third-order valence-electron chi connectivity index (χ3n) is 7.57. The number of hydrogen-bond donors (Lipinski definition) is 0. The molecule has 1 saturated carbocycles. The Labute approximate surface area is 226 Å². The average Bonchev–Trinajstić information content (AvgIpc) is 3.30. The van der Waals surface area contributed by atoms with Gasteiger partial charge in [0, 0.05) is 31.3 Å². The summed E-state index contributed by atoms with van der Waals surface area (Å²) in [6.07, 6.45) is 11.1. The van der Waals surface area contributed by atoms with Crippen molar-refractivity contribution in [2.45, 2.75) is 76.5 Å². The van der Waals surface area contributed by atoms with Crippen LogP contribution in [0.15, 0.2) is 66.7 Å². The second kappa shape index (κ2) is 15.0. The zero-order valence-corrected chi connectivity index (χ0v) is 22.3. The van der Waals surface area contributed by atoms with Gasteiger partial charge in [0.1, 0.15) is 6.29 Å². The molecule has 0 bridgehead atoms. The monoisotopic (exact) mass is 520 g/mol. The van der Waals surface area contributed by atoms with Crippen LogP contribution < -0.4 is 0 Å². The topological polar surface area (TPSA) is 71.1 Å². The molecule has 2 aromatic rings. The van der Waals surface area contributed by atoms with Crippen molar-refractivity contribution < 1.29 is 28.5 Å². The Hall–Kier alpha value is -2.80. The van der Waals surface area contributed by atoms with E-state index in [-0.39, 0.29) is 36.3 Å². The first kappa shape index (κ1) is 28.2. The van der Waals surface area contributed by atoms with Crippen molar-refractivity contribution in [3.8, 4) is 11.1 Å². The highest BCUT2D eigenvalue weighted by atomic mass is 16.7. The normalized spacial score (nSPS) is 25.4. The molecule has 4 rings (SSSR count). The summed E-state index contributed by atoms with van der Waals surface area (Å²) >= 11 is 0. The van der Waals surface area contributed by atoms with Crippen molar-refractivity contribution in [1.29, 1.82) is 0 Å². The molecule has 1 unspecified atom stereocenters. The number of ether oxygens (including phenoxy) is 4. The molecular formula is C32H40O6. The van der Waals surface area contributed by atoms with E-state index < -0.39 is 0 Å². The zero-order valence-electron chi connectivity index (χ0n) is 22.3. The van der Waals surface area contributed by atoms with Gasteiger partial charge in [0.05, 0.1) is 25.9 Å². The van der Waals surface area contributed by atoms with Crippen molar-refractivity contribution in [2.75, 3.05) is 13.7 Å².